The maximum atomic E-state index is 3.61. The monoisotopic (exact) mass is 266 g/mol. The van der Waals surface area contributed by atoms with E-state index in [0.717, 1.165) is 6.04 Å². The summed E-state index contributed by atoms with van der Waals surface area (Å²) in [5.41, 5.74) is 0.685. The van der Waals surface area contributed by atoms with E-state index in [-0.39, 0.29) is 0 Å². The average Bonchev–Trinajstić information content (AvgIpc) is 3.28. The molecule has 2 fully saturated rings. The molecule has 112 valence electrons. The summed E-state index contributed by atoms with van der Waals surface area (Å²) in [6.45, 7) is 10.1. The van der Waals surface area contributed by atoms with Crippen LogP contribution in [0, 0.1) is 5.41 Å². The Labute approximate surface area is 120 Å². The summed E-state index contributed by atoms with van der Waals surface area (Å²) in [4.78, 5) is 2.71. The summed E-state index contributed by atoms with van der Waals surface area (Å²) < 4.78 is 0. The van der Waals surface area contributed by atoms with Crippen molar-refractivity contribution in [2.75, 3.05) is 26.2 Å². The van der Waals surface area contributed by atoms with Crippen LogP contribution in [0.15, 0.2) is 0 Å². The van der Waals surface area contributed by atoms with Crippen LogP contribution in [0.2, 0.25) is 0 Å². The van der Waals surface area contributed by atoms with E-state index in [9.17, 15) is 0 Å². The molecule has 1 aliphatic carbocycles. The van der Waals surface area contributed by atoms with Crippen LogP contribution in [-0.4, -0.2) is 37.1 Å². The maximum Gasteiger partial charge on any atom is 0.00682 e. The Morgan fingerprint density at radius 1 is 1.00 bits per heavy atom. The first-order valence-corrected chi connectivity index (χ1v) is 8.74. The van der Waals surface area contributed by atoms with Crippen molar-refractivity contribution in [1.82, 2.24) is 10.2 Å². The first kappa shape index (κ1) is 15.3. The molecule has 0 amide bonds. The number of unbranched alkanes of at least 4 members (excludes halogenated alkanes) is 2. The molecule has 2 nitrogen and oxygen atoms in total. The molecule has 1 saturated heterocycles. The highest BCUT2D eigenvalue weighted by Crippen LogP contribution is 2.37. The van der Waals surface area contributed by atoms with Crippen molar-refractivity contribution in [2.24, 2.45) is 5.41 Å². The third kappa shape index (κ3) is 5.07. The highest BCUT2D eigenvalue weighted by Gasteiger charge is 2.30. The van der Waals surface area contributed by atoms with Gasteiger partial charge < -0.3 is 10.2 Å². The topological polar surface area (TPSA) is 15.3 Å². The van der Waals surface area contributed by atoms with Crippen molar-refractivity contribution in [3.05, 3.63) is 0 Å². The molecular weight excluding hydrogens is 232 g/mol. The second-order valence-electron chi connectivity index (χ2n) is 6.84. The van der Waals surface area contributed by atoms with E-state index < -0.39 is 0 Å². The number of nitrogens with one attached hydrogen (secondary N) is 1. The third-order valence-electron chi connectivity index (χ3n) is 5.58. The molecule has 19 heavy (non-hydrogen) atoms. The van der Waals surface area contributed by atoms with Gasteiger partial charge in [0.25, 0.3) is 0 Å². The Hall–Kier alpha value is -0.0800. The summed E-state index contributed by atoms with van der Waals surface area (Å²) in [5, 5.41) is 3.61. The number of nitrogens with zero attached hydrogens (tertiary/aromatic N) is 1. The van der Waals surface area contributed by atoms with Crippen LogP contribution in [0.3, 0.4) is 0 Å². The molecule has 0 unspecified atom stereocenters. The SMILES string of the molecule is CCC1(CC)CCN(CCCCCNC2CC2)CC1. The van der Waals surface area contributed by atoms with Crippen LogP contribution in [0.4, 0.5) is 0 Å². The van der Waals surface area contributed by atoms with Gasteiger partial charge in [-0.1, -0.05) is 33.1 Å². The molecule has 1 saturated carbocycles. The minimum atomic E-state index is 0.685. The van der Waals surface area contributed by atoms with Gasteiger partial charge in [0.2, 0.25) is 0 Å². The van der Waals surface area contributed by atoms with E-state index in [0.29, 0.717) is 5.41 Å². The fourth-order valence-electron chi connectivity index (χ4n) is 3.44. The van der Waals surface area contributed by atoms with Crippen molar-refractivity contribution < 1.29 is 0 Å². The minimum absolute atomic E-state index is 0.685. The second kappa shape index (κ2) is 7.64. The zero-order valence-corrected chi connectivity index (χ0v) is 13.2. The largest absolute Gasteiger partial charge is 0.314 e. The molecule has 2 aliphatic rings. The lowest BCUT2D eigenvalue weighted by Gasteiger charge is -2.41. The van der Waals surface area contributed by atoms with Crippen molar-refractivity contribution in [1.29, 1.82) is 0 Å². The molecule has 1 aliphatic heterocycles. The molecule has 0 atom stereocenters. The molecule has 0 aromatic heterocycles. The summed E-state index contributed by atoms with van der Waals surface area (Å²) >= 11 is 0. The fourth-order valence-corrected chi connectivity index (χ4v) is 3.44. The molecule has 1 heterocycles. The molecule has 0 spiro atoms. The molecular formula is C17H34N2. The summed E-state index contributed by atoms with van der Waals surface area (Å²) in [6, 6.07) is 0.887. The molecule has 0 aromatic carbocycles. The van der Waals surface area contributed by atoms with Gasteiger partial charge in [-0.3, -0.25) is 0 Å². The smallest absolute Gasteiger partial charge is 0.00682 e. The summed E-state index contributed by atoms with van der Waals surface area (Å²) in [6.07, 6.45) is 12.6. The zero-order valence-electron chi connectivity index (χ0n) is 13.2. The number of hydrogen-bond donors (Lipinski definition) is 1. The average molecular weight is 266 g/mol. The van der Waals surface area contributed by atoms with Crippen LogP contribution in [-0.2, 0) is 0 Å². The normalized spacial score (nSPS) is 23.7. The predicted molar refractivity (Wildman–Crippen MR) is 83.6 cm³/mol. The van der Waals surface area contributed by atoms with Gasteiger partial charge in [0.1, 0.15) is 0 Å². The van der Waals surface area contributed by atoms with E-state index in [4.69, 9.17) is 0 Å². The number of hydrogen-bond acceptors (Lipinski definition) is 2. The van der Waals surface area contributed by atoms with Crippen LogP contribution in [0.5, 0.6) is 0 Å². The van der Waals surface area contributed by atoms with Gasteiger partial charge in [-0.2, -0.15) is 0 Å². The van der Waals surface area contributed by atoms with Gasteiger partial charge in [0.05, 0.1) is 0 Å². The predicted octanol–water partition coefficient (Wildman–Crippen LogP) is 3.81. The Bertz CT molecular complexity index is 234. The van der Waals surface area contributed by atoms with Crippen molar-refractivity contribution in [3.63, 3.8) is 0 Å². The van der Waals surface area contributed by atoms with Gasteiger partial charge in [0, 0.05) is 6.04 Å². The maximum absolute atomic E-state index is 3.61. The van der Waals surface area contributed by atoms with Crippen molar-refractivity contribution in [2.45, 2.75) is 77.7 Å². The Balaban J connectivity index is 1.48. The van der Waals surface area contributed by atoms with Gasteiger partial charge >= 0.3 is 0 Å². The van der Waals surface area contributed by atoms with Crippen molar-refractivity contribution >= 4 is 0 Å². The van der Waals surface area contributed by atoms with E-state index in [1.54, 1.807) is 0 Å². The molecule has 2 heteroatoms. The number of piperidine rings is 1. The summed E-state index contributed by atoms with van der Waals surface area (Å²) in [5.74, 6) is 0. The fraction of sp³-hybridized carbons (Fsp3) is 1.00. The van der Waals surface area contributed by atoms with E-state index in [1.807, 2.05) is 0 Å². The molecule has 2 rings (SSSR count). The zero-order chi connectivity index (χ0) is 13.6. The second-order valence-corrected chi connectivity index (χ2v) is 6.84. The summed E-state index contributed by atoms with van der Waals surface area (Å²) in [7, 11) is 0. The number of likely N-dealkylation sites (tertiary alicyclic amines) is 1. The lowest BCUT2D eigenvalue weighted by Crippen LogP contribution is -2.40. The standard InChI is InChI=1S/C17H34N2/c1-3-17(4-2)10-14-19(15-11-17)13-7-5-6-12-18-16-8-9-16/h16,18H,3-15H2,1-2H3. The molecule has 0 radical (unpaired) electrons. The molecule has 0 bridgehead atoms. The van der Waals surface area contributed by atoms with Crippen LogP contribution >= 0.6 is 0 Å². The van der Waals surface area contributed by atoms with Gasteiger partial charge in [0.15, 0.2) is 0 Å². The third-order valence-corrected chi connectivity index (χ3v) is 5.58. The first-order chi connectivity index (χ1) is 9.28. The Morgan fingerprint density at radius 2 is 1.68 bits per heavy atom. The highest BCUT2D eigenvalue weighted by molar-refractivity contribution is 4.84. The molecule has 1 N–H and O–H groups in total. The quantitative estimate of drug-likeness (QED) is 0.638. The van der Waals surface area contributed by atoms with E-state index in [2.05, 4.69) is 24.1 Å². The van der Waals surface area contributed by atoms with E-state index in [1.165, 1.54) is 84.0 Å². The molecule has 0 aromatic rings. The van der Waals surface area contributed by atoms with Gasteiger partial charge in [-0.25, -0.2) is 0 Å². The van der Waals surface area contributed by atoms with Crippen molar-refractivity contribution in [3.8, 4) is 0 Å². The van der Waals surface area contributed by atoms with E-state index >= 15 is 0 Å². The number of rotatable bonds is 9. The lowest BCUT2D eigenvalue weighted by molar-refractivity contribution is 0.0943. The minimum Gasteiger partial charge on any atom is -0.314 e. The lowest BCUT2D eigenvalue weighted by atomic mass is 9.74. The Kier molecular flexibility index (Phi) is 6.15. The van der Waals surface area contributed by atoms with Crippen LogP contribution in [0.25, 0.3) is 0 Å². The van der Waals surface area contributed by atoms with Gasteiger partial charge in [-0.15, -0.1) is 0 Å². The Morgan fingerprint density at radius 3 is 2.26 bits per heavy atom. The first-order valence-electron chi connectivity index (χ1n) is 8.74. The van der Waals surface area contributed by atoms with Crippen LogP contribution in [0.1, 0.15) is 71.6 Å². The van der Waals surface area contributed by atoms with Crippen LogP contribution < -0.4 is 5.32 Å². The van der Waals surface area contributed by atoms with Gasteiger partial charge in [-0.05, 0) is 70.1 Å². The highest BCUT2D eigenvalue weighted by atomic mass is 15.1.